The van der Waals surface area contributed by atoms with Gasteiger partial charge in [0.25, 0.3) is 0 Å². The van der Waals surface area contributed by atoms with Gasteiger partial charge >= 0.3 is 0 Å². The normalized spacial score (nSPS) is 11.5. The van der Waals surface area contributed by atoms with Crippen LogP contribution in [0.25, 0.3) is 11.0 Å². The lowest BCUT2D eigenvalue weighted by Gasteiger charge is -2.05. The average molecular weight is 361 g/mol. The number of amides is 1. The molecule has 0 spiro atoms. The summed E-state index contributed by atoms with van der Waals surface area (Å²) in [6.07, 6.45) is 1.14. The molecule has 0 fully saturated rings. The lowest BCUT2D eigenvalue weighted by molar-refractivity contribution is -0.113. The Morgan fingerprint density at radius 2 is 1.88 bits per heavy atom. The number of thioether (sulfide) groups is 1. The predicted molar refractivity (Wildman–Crippen MR) is 95.0 cm³/mol. The molecule has 1 heterocycles. The van der Waals surface area contributed by atoms with Gasteiger partial charge in [0.2, 0.25) is 5.91 Å². The number of H-pyrrole nitrogens is 1. The summed E-state index contributed by atoms with van der Waals surface area (Å²) >= 11 is 1.31. The number of aromatic nitrogens is 2. The van der Waals surface area contributed by atoms with Crippen LogP contribution < -0.4 is 5.32 Å². The minimum atomic E-state index is -3.24. The van der Waals surface area contributed by atoms with Crippen LogP contribution in [0.3, 0.4) is 0 Å². The van der Waals surface area contributed by atoms with Crippen molar-refractivity contribution in [3.63, 3.8) is 0 Å². The van der Waals surface area contributed by atoms with Crippen LogP contribution in [0.2, 0.25) is 0 Å². The summed E-state index contributed by atoms with van der Waals surface area (Å²) in [6.45, 7) is 0. The maximum absolute atomic E-state index is 12.0. The van der Waals surface area contributed by atoms with Crippen LogP contribution in [0.15, 0.2) is 58.6 Å². The van der Waals surface area contributed by atoms with Crippen LogP contribution in [-0.2, 0) is 14.6 Å². The van der Waals surface area contributed by atoms with Crippen molar-refractivity contribution < 1.29 is 13.2 Å². The number of hydrogen-bond donors (Lipinski definition) is 2. The van der Waals surface area contributed by atoms with Crippen molar-refractivity contribution in [2.24, 2.45) is 0 Å². The molecule has 8 heteroatoms. The molecule has 6 nitrogen and oxygen atoms in total. The van der Waals surface area contributed by atoms with Crippen molar-refractivity contribution in [3.8, 4) is 0 Å². The van der Waals surface area contributed by atoms with E-state index in [2.05, 4.69) is 15.3 Å². The number of nitrogens with zero attached hydrogens (tertiary/aromatic N) is 1. The van der Waals surface area contributed by atoms with Gasteiger partial charge in [-0.05, 0) is 36.4 Å². The molecule has 3 aromatic rings. The number of para-hydroxylation sites is 2. The molecule has 1 amide bonds. The number of nitrogens with one attached hydrogen (secondary N) is 2. The average Bonchev–Trinajstić information content (AvgIpc) is 2.95. The summed E-state index contributed by atoms with van der Waals surface area (Å²) in [6, 6.07) is 13.7. The van der Waals surface area contributed by atoms with Gasteiger partial charge in [0.1, 0.15) is 0 Å². The Morgan fingerprint density at radius 1 is 1.17 bits per heavy atom. The van der Waals surface area contributed by atoms with Gasteiger partial charge in [-0.2, -0.15) is 0 Å². The molecule has 0 saturated carbocycles. The molecule has 24 heavy (non-hydrogen) atoms. The highest BCUT2D eigenvalue weighted by Crippen LogP contribution is 2.20. The second kappa shape index (κ2) is 6.66. The number of aromatic amines is 1. The first-order chi connectivity index (χ1) is 11.4. The molecular formula is C16H15N3O3S2. The van der Waals surface area contributed by atoms with Crippen LogP contribution >= 0.6 is 11.8 Å². The molecule has 124 valence electrons. The van der Waals surface area contributed by atoms with Crippen molar-refractivity contribution in [1.29, 1.82) is 0 Å². The van der Waals surface area contributed by atoms with Gasteiger partial charge in [-0.1, -0.05) is 23.9 Å². The van der Waals surface area contributed by atoms with Gasteiger partial charge in [0.15, 0.2) is 15.0 Å². The van der Waals surface area contributed by atoms with Gasteiger partial charge in [-0.25, -0.2) is 13.4 Å². The summed E-state index contributed by atoms with van der Waals surface area (Å²) in [5.41, 5.74) is 2.34. The molecule has 0 aliphatic carbocycles. The molecule has 0 aliphatic heterocycles. The van der Waals surface area contributed by atoms with Gasteiger partial charge in [0, 0.05) is 11.9 Å². The SMILES string of the molecule is CS(=O)(=O)c1ccc(NC(=O)CSc2nc3ccccc3[nH]2)cc1. The van der Waals surface area contributed by atoms with E-state index >= 15 is 0 Å². The highest BCUT2D eigenvalue weighted by molar-refractivity contribution is 7.99. The maximum Gasteiger partial charge on any atom is 0.234 e. The lowest BCUT2D eigenvalue weighted by atomic mass is 10.3. The third kappa shape index (κ3) is 3.95. The molecule has 0 unspecified atom stereocenters. The minimum Gasteiger partial charge on any atom is -0.333 e. The second-order valence-corrected chi connectivity index (χ2v) is 8.17. The van der Waals surface area contributed by atoms with E-state index in [9.17, 15) is 13.2 Å². The molecular weight excluding hydrogens is 346 g/mol. The molecule has 3 rings (SSSR count). The van der Waals surface area contributed by atoms with E-state index in [4.69, 9.17) is 0 Å². The summed E-state index contributed by atoms with van der Waals surface area (Å²) in [7, 11) is -3.24. The van der Waals surface area contributed by atoms with E-state index in [-0.39, 0.29) is 16.6 Å². The number of benzene rings is 2. The van der Waals surface area contributed by atoms with Gasteiger partial charge in [-0.3, -0.25) is 4.79 Å². The van der Waals surface area contributed by atoms with Crippen molar-refractivity contribution in [2.75, 3.05) is 17.3 Å². The highest BCUT2D eigenvalue weighted by atomic mass is 32.2. The topological polar surface area (TPSA) is 91.9 Å². The fraction of sp³-hybridized carbons (Fsp3) is 0.125. The van der Waals surface area contributed by atoms with E-state index in [1.54, 1.807) is 12.1 Å². The summed E-state index contributed by atoms with van der Waals surface area (Å²) in [4.78, 5) is 19.7. The number of carbonyl (C=O) groups excluding carboxylic acids is 1. The molecule has 0 saturated heterocycles. The van der Waals surface area contributed by atoms with Crippen LogP contribution in [0.5, 0.6) is 0 Å². The standard InChI is InChI=1S/C16H15N3O3S2/c1-24(21,22)12-8-6-11(7-9-12)17-15(20)10-23-16-18-13-4-2-3-5-14(13)19-16/h2-9H,10H2,1H3,(H,17,20)(H,18,19). The van der Waals surface area contributed by atoms with E-state index in [1.165, 1.54) is 23.9 Å². The van der Waals surface area contributed by atoms with E-state index < -0.39 is 9.84 Å². The van der Waals surface area contributed by atoms with Crippen molar-refractivity contribution in [2.45, 2.75) is 10.1 Å². The predicted octanol–water partition coefficient (Wildman–Crippen LogP) is 2.70. The van der Waals surface area contributed by atoms with Crippen molar-refractivity contribution >= 4 is 44.2 Å². The fourth-order valence-corrected chi connectivity index (χ4v) is 3.43. The number of carbonyl (C=O) groups is 1. The van der Waals surface area contributed by atoms with Crippen molar-refractivity contribution in [3.05, 3.63) is 48.5 Å². The number of anilines is 1. The Balaban J connectivity index is 1.59. The second-order valence-electron chi connectivity index (χ2n) is 5.19. The lowest BCUT2D eigenvalue weighted by Crippen LogP contribution is -2.14. The maximum atomic E-state index is 12.0. The highest BCUT2D eigenvalue weighted by Gasteiger charge is 2.09. The van der Waals surface area contributed by atoms with E-state index in [0.29, 0.717) is 10.8 Å². The Labute approximate surface area is 143 Å². The molecule has 0 bridgehead atoms. The fourth-order valence-electron chi connectivity index (χ4n) is 2.11. The Kier molecular flexibility index (Phi) is 4.59. The van der Waals surface area contributed by atoms with Crippen LogP contribution in [0.4, 0.5) is 5.69 Å². The smallest absolute Gasteiger partial charge is 0.234 e. The van der Waals surface area contributed by atoms with Gasteiger partial charge in [-0.15, -0.1) is 0 Å². The Bertz CT molecular complexity index is 946. The minimum absolute atomic E-state index is 0.187. The first kappa shape index (κ1) is 16.5. The van der Waals surface area contributed by atoms with Crippen LogP contribution in [0.1, 0.15) is 0 Å². The largest absolute Gasteiger partial charge is 0.333 e. The van der Waals surface area contributed by atoms with Gasteiger partial charge < -0.3 is 10.3 Å². The number of fused-ring (bicyclic) bond motifs is 1. The number of sulfone groups is 1. The third-order valence-electron chi connectivity index (χ3n) is 3.27. The zero-order valence-corrected chi connectivity index (χ0v) is 14.4. The number of hydrogen-bond acceptors (Lipinski definition) is 5. The summed E-state index contributed by atoms with van der Waals surface area (Å²) in [5.74, 6) is 0.0146. The quantitative estimate of drug-likeness (QED) is 0.682. The van der Waals surface area contributed by atoms with E-state index in [0.717, 1.165) is 17.3 Å². The first-order valence-electron chi connectivity index (χ1n) is 7.09. The zero-order valence-electron chi connectivity index (χ0n) is 12.8. The van der Waals surface area contributed by atoms with Crippen LogP contribution in [0, 0.1) is 0 Å². The van der Waals surface area contributed by atoms with Gasteiger partial charge in [0.05, 0.1) is 21.7 Å². The monoisotopic (exact) mass is 361 g/mol. The van der Waals surface area contributed by atoms with Crippen molar-refractivity contribution in [1.82, 2.24) is 9.97 Å². The zero-order chi connectivity index (χ0) is 17.2. The molecule has 0 atom stereocenters. The first-order valence-corrected chi connectivity index (χ1v) is 9.97. The summed E-state index contributed by atoms with van der Waals surface area (Å²) in [5, 5.41) is 3.41. The summed E-state index contributed by atoms with van der Waals surface area (Å²) < 4.78 is 22.8. The Morgan fingerprint density at radius 3 is 2.54 bits per heavy atom. The Hall–Kier alpha value is -2.32. The third-order valence-corrected chi connectivity index (χ3v) is 5.28. The number of rotatable bonds is 5. The molecule has 2 N–H and O–H groups in total. The van der Waals surface area contributed by atoms with Crippen LogP contribution in [-0.4, -0.2) is 36.3 Å². The molecule has 2 aromatic carbocycles. The molecule has 0 radical (unpaired) electrons. The number of imidazole rings is 1. The molecule has 1 aromatic heterocycles. The van der Waals surface area contributed by atoms with E-state index in [1.807, 2.05) is 24.3 Å². The molecule has 0 aliphatic rings.